The second kappa shape index (κ2) is 5.21. The van der Waals surface area contributed by atoms with Crippen LogP contribution in [0.5, 0.6) is 0 Å². The zero-order valence-electron chi connectivity index (χ0n) is 11.5. The molecule has 0 saturated carbocycles. The molecule has 4 heteroatoms. The lowest BCUT2D eigenvalue weighted by Gasteiger charge is -2.21. The van der Waals surface area contributed by atoms with E-state index in [1.54, 1.807) is 0 Å². The minimum Gasteiger partial charge on any atom is -0.355 e. The van der Waals surface area contributed by atoms with Crippen molar-refractivity contribution in [2.24, 2.45) is 11.7 Å². The summed E-state index contributed by atoms with van der Waals surface area (Å²) >= 11 is 0. The SMILES string of the molecule is CC1CCCN(c2nc3ccccn3c2CN)CC1. The summed E-state index contributed by atoms with van der Waals surface area (Å²) in [5.41, 5.74) is 8.07. The smallest absolute Gasteiger partial charge is 0.152 e. The average Bonchev–Trinajstić information content (AvgIpc) is 2.67. The minimum atomic E-state index is 0.534. The normalized spacial score (nSPS) is 20.7. The van der Waals surface area contributed by atoms with Gasteiger partial charge in [-0.05, 0) is 37.3 Å². The second-order valence-electron chi connectivity index (χ2n) is 5.54. The van der Waals surface area contributed by atoms with Gasteiger partial charge in [-0.1, -0.05) is 13.0 Å². The second-order valence-corrected chi connectivity index (χ2v) is 5.54. The summed E-state index contributed by atoms with van der Waals surface area (Å²) in [6, 6.07) is 6.10. The lowest BCUT2D eigenvalue weighted by molar-refractivity contribution is 0.521. The maximum absolute atomic E-state index is 5.95. The summed E-state index contributed by atoms with van der Waals surface area (Å²) in [5.74, 6) is 1.91. The highest BCUT2D eigenvalue weighted by Gasteiger charge is 2.20. The van der Waals surface area contributed by atoms with Gasteiger partial charge in [0.2, 0.25) is 0 Å². The molecule has 0 spiro atoms. The molecule has 0 bridgehead atoms. The average molecular weight is 258 g/mol. The van der Waals surface area contributed by atoms with E-state index in [4.69, 9.17) is 10.7 Å². The van der Waals surface area contributed by atoms with Crippen LogP contribution in [0.2, 0.25) is 0 Å². The standard InChI is InChI=1S/C15H22N4/c1-12-5-4-8-18(10-7-12)15-13(11-16)19-9-3-2-6-14(19)17-15/h2-3,6,9,12H,4-5,7-8,10-11,16H2,1H3. The van der Waals surface area contributed by atoms with Crippen molar-refractivity contribution in [3.63, 3.8) is 0 Å². The van der Waals surface area contributed by atoms with Crippen molar-refractivity contribution in [3.05, 3.63) is 30.1 Å². The van der Waals surface area contributed by atoms with Crippen LogP contribution in [0.15, 0.2) is 24.4 Å². The Kier molecular flexibility index (Phi) is 3.42. The van der Waals surface area contributed by atoms with Gasteiger partial charge >= 0.3 is 0 Å². The summed E-state index contributed by atoms with van der Waals surface area (Å²) in [7, 11) is 0. The number of anilines is 1. The van der Waals surface area contributed by atoms with E-state index in [9.17, 15) is 0 Å². The van der Waals surface area contributed by atoms with Crippen molar-refractivity contribution in [2.75, 3.05) is 18.0 Å². The molecule has 1 unspecified atom stereocenters. The van der Waals surface area contributed by atoms with E-state index in [0.717, 1.165) is 36.2 Å². The van der Waals surface area contributed by atoms with Crippen LogP contribution < -0.4 is 10.6 Å². The summed E-state index contributed by atoms with van der Waals surface area (Å²) < 4.78 is 2.11. The Hall–Kier alpha value is -1.55. The Morgan fingerprint density at radius 3 is 3.05 bits per heavy atom. The Bertz CT molecular complexity index is 560. The zero-order chi connectivity index (χ0) is 13.2. The van der Waals surface area contributed by atoms with Crippen LogP contribution >= 0.6 is 0 Å². The molecule has 1 fully saturated rings. The number of rotatable bonds is 2. The van der Waals surface area contributed by atoms with Gasteiger partial charge in [0, 0.05) is 25.8 Å². The molecule has 1 saturated heterocycles. The first kappa shape index (κ1) is 12.5. The third-order valence-corrected chi connectivity index (χ3v) is 4.12. The summed E-state index contributed by atoms with van der Waals surface area (Å²) in [4.78, 5) is 7.20. The largest absolute Gasteiger partial charge is 0.355 e. The monoisotopic (exact) mass is 258 g/mol. The van der Waals surface area contributed by atoms with E-state index in [-0.39, 0.29) is 0 Å². The van der Waals surface area contributed by atoms with Crippen molar-refractivity contribution in [1.82, 2.24) is 9.38 Å². The number of hydrogen-bond acceptors (Lipinski definition) is 3. The topological polar surface area (TPSA) is 46.6 Å². The highest BCUT2D eigenvalue weighted by molar-refractivity contribution is 5.56. The van der Waals surface area contributed by atoms with Gasteiger partial charge in [-0.15, -0.1) is 0 Å². The maximum atomic E-state index is 5.95. The molecule has 2 aromatic rings. The molecular formula is C15H22N4. The number of pyridine rings is 1. The van der Waals surface area contributed by atoms with E-state index in [1.165, 1.54) is 19.3 Å². The number of imidazole rings is 1. The van der Waals surface area contributed by atoms with Crippen LogP contribution in [-0.4, -0.2) is 22.5 Å². The molecule has 1 aliphatic rings. The van der Waals surface area contributed by atoms with Crippen molar-refractivity contribution in [1.29, 1.82) is 0 Å². The minimum absolute atomic E-state index is 0.534. The highest BCUT2D eigenvalue weighted by atomic mass is 15.2. The fourth-order valence-electron chi connectivity index (χ4n) is 2.95. The lowest BCUT2D eigenvalue weighted by atomic mass is 10.0. The molecule has 4 nitrogen and oxygen atoms in total. The van der Waals surface area contributed by atoms with Gasteiger partial charge < -0.3 is 15.0 Å². The van der Waals surface area contributed by atoms with Gasteiger partial charge in [0.25, 0.3) is 0 Å². The van der Waals surface area contributed by atoms with Crippen LogP contribution in [0.3, 0.4) is 0 Å². The summed E-state index contributed by atoms with van der Waals surface area (Å²) in [5, 5.41) is 0. The fourth-order valence-corrected chi connectivity index (χ4v) is 2.95. The van der Waals surface area contributed by atoms with Crippen LogP contribution in [0.25, 0.3) is 5.65 Å². The first-order chi connectivity index (χ1) is 9.29. The quantitative estimate of drug-likeness (QED) is 0.900. The predicted molar refractivity (Wildman–Crippen MR) is 78.3 cm³/mol. The Labute approximate surface area is 114 Å². The van der Waals surface area contributed by atoms with Gasteiger partial charge in [-0.25, -0.2) is 4.98 Å². The number of nitrogens with zero attached hydrogens (tertiary/aromatic N) is 3. The van der Waals surface area contributed by atoms with Gasteiger partial charge in [0.15, 0.2) is 5.82 Å². The van der Waals surface area contributed by atoms with Crippen LogP contribution in [0, 0.1) is 5.92 Å². The molecule has 0 amide bonds. The molecule has 2 N–H and O–H groups in total. The van der Waals surface area contributed by atoms with E-state index in [2.05, 4.69) is 22.4 Å². The van der Waals surface area contributed by atoms with Crippen molar-refractivity contribution >= 4 is 11.5 Å². The molecule has 3 rings (SSSR count). The number of hydrogen-bond donors (Lipinski definition) is 1. The lowest BCUT2D eigenvalue weighted by Crippen LogP contribution is -2.26. The van der Waals surface area contributed by atoms with Crippen molar-refractivity contribution < 1.29 is 0 Å². The third-order valence-electron chi connectivity index (χ3n) is 4.12. The van der Waals surface area contributed by atoms with Gasteiger partial charge in [0.05, 0.1) is 5.69 Å². The summed E-state index contributed by atoms with van der Waals surface area (Å²) in [6.45, 7) is 5.07. The molecular weight excluding hydrogens is 236 g/mol. The number of fused-ring (bicyclic) bond motifs is 1. The predicted octanol–water partition coefficient (Wildman–Crippen LogP) is 2.42. The first-order valence-electron chi connectivity index (χ1n) is 7.20. The van der Waals surface area contributed by atoms with Gasteiger partial charge in [-0.2, -0.15) is 0 Å². The molecule has 0 aromatic carbocycles. The Balaban J connectivity index is 1.99. The van der Waals surface area contributed by atoms with Gasteiger partial charge in [-0.3, -0.25) is 0 Å². The van der Waals surface area contributed by atoms with E-state index in [0.29, 0.717) is 6.54 Å². The zero-order valence-corrected chi connectivity index (χ0v) is 11.5. The molecule has 0 radical (unpaired) electrons. The molecule has 1 aliphatic heterocycles. The third kappa shape index (κ3) is 2.32. The molecule has 102 valence electrons. The molecule has 19 heavy (non-hydrogen) atoms. The molecule has 1 atom stereocenters. The molecule has 3 heterocycles. The maximum Gasteiger partial charge on any atom is 0.152 e. The number of nitrogens with two attached hydrogens (primary N) is 1. The first-order valence-corrected chi connectivity index (χ1v) is 7.20. The molecule has 0 aliphatic carbocycles. The Morgan fingerprint density at radius 1 is 1.32 bits per heavy atom. The van der Waals surface area contributed by atoms with Crippen LogP contribution in [0.4, 0.5) is 5.82 Å². The van der Waals surface area contributed by atoms with Crippen LogP contribution in [0.1, 0.15) is 31.9 Å². The van der Waals surface area contributed by atoms with Crippen molar-refractivity contribution in [2.45, 2.75) is 32.7 Å². The summed E-state index contributed by atoms with van der Waals surface area (Å²) in [6.07, 6.45) is 5.87. The van der Waals surface area contributed by atoms with Crippen LogP contribution in [-0.2, 0) is 6.54 Å². The highest BCUT2D eigenvalue weighted by Crippen LogP contribution is 2.25. The van der Waals surface area contributed by atoms with Crippen molar-refractivity contribution in [3.8, 4) is 0 Å². The molecule has 2 aromatic heterocycles. The van der Waals surface area contributed by atoms with Gasteiger partial charge in [0.1, 0.15) is 5.65 Å². The Morgan fingerprint density at radius 2 is 2.21 bits per heavy atom. The number of aromatic nitrogens is 2. The van der Waals surface area contributed by atoms with E-state index < -0.39 is 0 Å². The fraction of sp³-hybridized carbons (Fsp3) is 0.533. The van der Waals surface area contributed by atoms with E-state index >= 15 is 0 Å². The van der Waals surface area contributed by atoms with E-state index in [1.807, 2.05) is 18.2 Å².